The molecular weight excluding hydrogens is 121 g/mol. The van der Waals surface area contributed by atoms with Gasteiger partial charge in [0.1, 0.15) is 0 Å². The van der Waals surface area contributed by atoms with Crippen molar-refractivity contribution >= 4 is 0 Å². The van der Waals surface area contributed by atoms with E-state index in [-0.39, 0.29) is 0 Å². The molecule has 0 bridgehead atoms. The van der Waals surface area contributed by atoms with Crippen molar-refractivity contribution in [2.75, 3.05) is 14.2 Å². The lowest BCUT2D eigenvalue weighted by Crippen LogP contribution is -2.12. The summed E-state index contributed by atoms with van der Waals surface area (Å²) in [6.07, 6.45) is 2.56. The zero-order valence-electron chi connectivity index (χ0n) is 5.60. The van der Waals surface area contributed by atoms with Gasteiger partial charge in [0, 0.05) is 7.05 Å². The number of nitrogens with zero attached hydrogens (tertiary/aromatic N) is 1. The lowest BCUT2D eigenvalue weighted by Gasteiger charge is -2.11. The molecule has 0 aromatic rings. The summed E-state index contributed by atoms with van der Waals surface area (Å²) in [6.45, 7) is 3.32. The molecule has 3 heteroatoms. The van der Waals surface area contributed by atoms with E-state index in [2.05, 4.69) is 11.4 Å². The molecule has 0 spiro atoms. The van der Waals surface area contributed by atoms with Crippen molar-refractivity contribution in [3.05, 3.63) is 24.7 Å². The van der Waals surface area contributed by atoms with Crippen LogP contribution in [0.25, 0.3) is 0 Å². The summed E-state index contributed by atoms with van der Waals surface area (Å²) in [5.74, 6) is -0.465. The van der Waals surface area contributed by atoms with Gasteiger partial charge in [-0.1, -0.05) is 12.7 Å². The van der Waals surface area contributed by atoms with Gasteiger partial charge < -0.3 is 0 Å². The van der Waals surface area contributed by atoms with Gasteiger partial charge >= 0.3 is 0 Å². The fraction of sp³-hybridized carbons (Fsp3) is 0.333. The van der Waals surface area contributed by atoms with Crippen molar-refractivity contribution in [1.29, 1.82) is 0 Å². The molecule has 9 heavy (non-hydrogen) atoms. The van der Waals surface area contributed by atoms with Gasteiger partial charge in [0.2, 0.25) is 5.95 Å². The average molecular weight is 131 g/mol. The maximum Gasteiger partial charge on any atom is 0.212 e. The maximum absolute atomic E-state index is 12.4. The van der Waals surface area contributed by atoms with E-state index in [9.17, 15) is 4.39 Å². The zero-order valence-corrected chi connectivity index (χ0v) is 5.60. The summed E-state index contributed by atoms with van der Waals surface area (Å²) >= 11 is 0. The van der Waals surface area contributed by atoms with Gasteiger partial charge in [-0.3, -0.25) is 4.84 Å². The summed E-state index contributed by atoms with van der Waals surface area (Å²) in [6, 6.07) is 0. The molecule has 0 aromatic heterocycles. The van der Waals surface area contributed by atoms with Crippen LogP contribution in [-0.4, -0.2) is 19.2 Å². The molecule has 0 unspecified atom stereocenters. The zero-order chi connectivity index (χ0) is 7.28. The van der Waals surface area contributed by atoms with Crippen molar-refractivity contribution in [1.82, 2.24) is 5.06 Å². The Bertz CT molecular complexity index is 122. The molecule has 0 rings (SSSR count). The van der Waals surface area contributed by atoms with Crippen LogP contribution in [0.4, 0.5) is 4.39 Å². The third kappa shape index (κ3) is 2.87. The van der Waals surface area contributed by atoms with Gasteiger partial charge in [0.25, 0.3) is 0 Å². The van der Waals surface area contributed by atoms with Crippen LogP contribution in [0.2, 0.25) is 0 Å². The molecule has 0 aliphatic heterocycles. The van der Waals surface area contributed by atoms with Crippen LogP contribution in [0.3, 0.4) is 0 Å². The van der Waals surface area contributed by atoms with E-state index in [0.717, 1.165) is 5.06 Å². The highest BCUT2D eigenvalue weighted by Gasteiger charge is 1.96. The lowest BCUT2D eigenvalue weighted by molar-refractivity contribution is -0.0957. The van der Waals surface area contributed by atoms with Crippen LogP contribution < -0.4 is 0 Å². The molecule has 52 valence electrons. The van der Waals surface area contributed by atoms with E-state index in [1.54, 1.807) is 0 Å². The minimum absolute atomic E-state index is 0.465. The van der Waals surface area contributed by atoms with Crippen molar-refractivity contribution in [2.45, 2.75) is 0 Å². The number of halogens is 1. The Balaban J connectivity index is 3.84. The van der Waals surface area contributed by atoms with E-state index in [4.69, 9.17) is 0 Å². The lowest BCUT2D eigenvalue weighted by atomic mass is 10.6. The summed E-state index contributed by atoms with van der Waals surface area (Å²) in [7, 11) is 2.85. The monoisotopic (exact) mass is 131 g/mol. The second-order valence-corrected chi connectivity index (χ2v) is 1.41. The average Bonchev–Trinajstić information content (AvgIpc) is 1.87. The number of hydroxylamine groups is 2. The molecule has 0 amide bonds. The topological polar surface area (TPSA) is 12.5 Å². The molecule has 0 N–H and O–H groups in total. The molecule has 2 nitrogen and oxygen atoms in total. The third-order valence-corrected chi connectivity index (χ3v) is 0.830. The molecule has 0 fully saturated rings. The smallest absolute Gasteiger partial charge is 0.212 e. The van der Waals surface area contributed by atoms with Gasteiger partial charge in [0.15, 0.2) is 0 Å². The molecule has 0 aliphatic carbocycles. The van der Waals surface area contributed by atoms with Crippen molar-refractivity contribution < 1.29 is 9.23 Å². The Morgan fingerprint density at radius 1 is 1.78 bits per heavy atom. The first-order valence-corrected chi connectivity index (χ1v) is 2.48. The van der Waals surface area contributed by atoms with E-state index >= 15 is 0 Å². The van der Waals surface area contributed by atoms with Gasteiger partial charge in [0.05, 0.1) is 7.11 Å². The van der Waals surface area contributed by atoms with Crippen molar-refractivity contribution in [3.63, 3.8) is 0 Å². The molecule has 0 saturated heterocycles. The van der Waals surface area contributed by atoms with Crippen LogP contribution in [0.15, 0.2) is 24.7 Å². The van der Waals surface area contributed by atoms with Crippen molar-refractivity contribution in [3.8, 4) is 0 Å². The number of allylic oxidation sites excluding steroid dienone is 2. The molecule has 0 saturated carbocycles. The van der Waals surface area contributed by atoms with Crippen molar-refractivity contribution in [2.24, 2.45) is 0 Å². The Labute approximate surface area is 54.2 Å². The second kappa shape index (κ2) is 4.09. The fourth-order valence-electron chi connectivity index (χ4n) is 0.289. The van der Waals surface area contributed by atoms with Crippen LogP contribution >= 0.6 is 0 Å². The molecule has 0 radical (unpaired) electrons. The predicted octanol–water partition coefficient (Wildman–Crippen LogP) is 1.48. The standard InChI is InChI=1S/C6H10FNO/c1-4-5-6(7)8(2)9-3/h4-5H,1H2,2-3H3/b6-5-. The fourth-order valence-corrected chi connectivity index (χ4v) is 0.289. The van der Waals surface area contributed by atoms with E-state index in [0.29, 0.717) is 0 Å². The molecule has 0 atom stereocenters. The summed E-state index contributed by atoms with van der Waals surface area (Å²) in [5.41, 5.74) is 0. The summed E-state index contributed by atoms with van der Waals surface area (Å²) in [5, 5.41) is 1.00. The number of hydrogen-bond acceptors (Lipinski definition) is 2. The first-order chi connectivity index (χ1) is 4.22. The minimum atomic E-state index is -0.465. The second-order valence-electron chi connectivity index (χ2n) is 1.41. The van der Waals surface area contributed by atoms with Crippen LogP contribution in [0, 0.1) is 0 Å². The van der Waals surface area contributed by atoms with Crippen LogP contribution in [0.1, 0.15) is 0 Å². The van der Waals surface area contributed by atoms with Crippen LogP contribution in [-0.2, 0) is 4.84 Å². The Hall–Kier alpha value is -0.830. The highest BCUT2D eigenvalue weighted by Crippen LogP contribution is 2.01. The Morgan fingerprint density at radius 2 is 2.33 bits per heavy atom. The number of rotatable bonds is 3. The largest absolute Gasteiger partial charge is 0.275 e. The first kappa shape index (κ1) is 8.17. The number of hydrogen-bond donors (Lipinski definition) is 0. The first-order valence-electron chi connectivity index (χ1n) is 2.48. The minimum Gasteiger partial charge on any atom is -0.275 e. The predicted molar refractivity (Wildman–Crippen MR) is 34.2 cm³/mol. The van der Waals surface area contributed by atoms with Gasteiger partial charge in [-0.05, 0) is 6.08 Å². The SMILES string of the molecule is C=C/C=C(/F)N(C)OC. The normalized spacial score (nSPS) is 11.2. The van der Waals surface area contributed by atoms with E-state index < -0.39 is 5.95 Å². The molecule has 0 heterocycles. The highest BCUT2D eigenvalue weighted by molar-refractivity contribution is 5.00. The quantitative estimate of drug-likeness (QED) is 0.327. The van der Waals surface area contributed by atoms with Gasteiger partial charge in [-0.25, -0.2) is 5.06 Å². The van der Waals surface area contributed by atoms with Gasteiger partial charge in [-0.2, -0.15) is 4.39 Å². The Kier molecular flexibility index (Phi) is 3.71. The van der Waals surface area contributed by atoms with Gasteiger partial charge in [-0.15, -0.1) is 0 Å². The molecular formula is C6H10FNO. The third-order valence-electron chi connectivity index (χ3n) is 0.830. The molecule has 0 aromatic carbocycles. The summed E-state index contributed by atoms with van der Waals surface area (Å²) < 4.78 is 12.4. The Morgan fingerprint density at radius 3 is 2.67 bits per heavy atom. The molecule has 0 aliphatic rings. The van der Waals surface area contributed by atoms with E-state index in [1.165, 1.54) is 26.3 Å². The van der Waals surface area contributed by atoms with E-state index in [1.807, 2.05) is 0 Å². The maximum atomic E-state index is 12.4. The highest BCUT2D eigenvalue weighted by atomic mass is 19.1. The summed E-state index contributed by atoms with van der Waals surface area (Å²) in [4.78, 5) is 4.51. The van der Waals surface area contributed by atoms with Crippen LogP contribution in [0.5, 0.6) is 0 Å².